The third-order valence-corrected chi connectivity index (χ3v) is 3.18. The molecule has 0 fully saturated rings. The first-order chi connectivity index (χ1) is 8.62. The van der Waals surface area contributed by atoms with E-state index in [2.05, 4.69) is 36.0 Å². The molecular weight excluding hydrogens is 240 g/mol. The summed E-state index contributed by atoms with van der Waals surface area (Å²) < 4.78 is 0. The third kappa shape index (κ3) is 4.04. The van der Waals surface area contributed by atoms with Crippen LogP contribution in [-0.4, -0.2) is 39.1 Å². The van der Waals surface area contributed by atoms with Gasteiger partial charge in [0.2, 0.25) is 5.82 Å². The number of aromatic nitrogens is 3. The number of carbonyl (C=O) groups is 1. The number of amides is 1. The lowest BCUT2D eigenvalue weighted by Crippen LogP contribution is -2.36. The Balaban J connectivity index is 2.80. The molecule has 1 N–H and O–H groups in total. The van der Waals surface area contributed by atoms with Crippen molar-refractivity contribution in [1.82, 2.24) is 20.1 Å². The van der Waals surface area contributed by atoms with E-state index in [-0.39, 0.29) is 23.2 Å². The zero-order valence-corrected chi connectivity index (χ0v) is 13.1. The monoisotopic (exact) mass is 266 g/mol. The first-order valence-electron chi connectivity index (χ1n) is 6.83. The van der Waals surface area contributed by atoms with E-state index >= 15 is 0 Å². The molecule has 0 saturated heterocycles. The van der Waals surface area contributed by atoms with E-state index in [0.29, 0.717) is 5.92 Å². The van der Waals surface area contributed by atoms with Crippen LogP contribution in [0.2, 0.25) is 0 Å². The fraction of sp³-hybridized carbons (Fsp3) is 0.786. The van der Waals surface area contributed by atoms with Gasteiger partial charge >= 0.3 is 0 Å². The van der Waals surface area contributed by atoms with Crippen molar-refractivity contribution in [3.63, 3.8) is 0 Å². The third-order valence-electron chi connectivity index (χ3n) is 3.18. The van der Waals surface area contributed by atoms with Gasteiger partial charge < -0.3 is 4.90 Å². The molecule has 0 aliphatic heterocycles. The van der Waals surface area contributed by atoms with Crippen molar-refractivity contribution in [3.8, 4) is 0 Å². The molecular formula is C14H26N4O. The van der Waals surface area contributed by atoms with Gasteiger partial charge in [-0.05, 0) is 19.3 Å². The van der Waals surface area contributed by atoms with Crippen molar-refractivity contribution >= 4 is 5.91 Å². The van der Waals surface area contributed by atoms with Gasteiger partial charge in [-0.1, -0.05) is 34.6 Å². The summed E-state index contributed by atoms with van der Waals surface area (Å²) >= 11 is 0. The molecule has 0 aliphatic rings. The van der Waals surface area contributed by atoms with Gasteiger partial charge in [-0.15, -0.1) is 5.10 Å². The first-order valence-corrected chi connectivity index (χ1v) is 6.83. The van der Waals surface area contributed by atoms with E-state index in [1.165, 1.54) is 0 Å². The quantitative estimate of drug-likeness (QED) is 0.911. The van der Waals surface area contributed by atoms with E-state index in [9.17, 15) is 4.79 Å². The molecule has 0 bridgehead atoms. The fourth-order valence-corrected chi connectivity index (χ4v) is 1.89. The maximum absolute atomic E-state index is 12.3. The van der Waals surface area contributed by atoms with Gasteiger partial charge in [0.15, 0.2) is 0 Å². The number of hydrogen-bond donors (Lipinski definition) is 1. The minimum absolute atomic E-state index is 0.125. The highest BCUT2D eigenvalue weighted by Gasteiger charge is 2.25. The van der Waals surface area contributed by atoms with Crippen LogP contribution >= 0.6 is 0 Å². The van der Waals surface area contributed by atoms with Gasteiger partial charge in [0, 0.05) is 18.5 Å². The molecule has 5 heteroatoms. The summed E-state index contributed by atoms with van der Waals surface area (Å²) in [6.45, 7) is 12.5. The molecule has 1 aromatic heterocycles. The Hall–Kier alpha value is -1.39. The molecule has 19 heavy (non-hydrogen) atoms. The lowest BCUT2D eigenvalue weighted by atomic mass is 9.96. The molecule has 108 valence electrons. The van der Waals surface area contributed by atoms with Crippen molar-refractivity contribution in [2.24, 2.45) is 5.92 Å². The predicted molar refractivity (Wildman–Crippen MR) is 76.1 cm³/mol. The molecule has 0 aromatic carbocycles. The molecule has 1 rings (SSSR count). The average molecular weight is 266 g/mol. The average Bonchev–Trinajstić information content (AvgIpc) is 2.74. The van der Waals surface area contributed by atoms with Crippen LogP contribution in [0.4, 0.5) is 0 Å². The highest BCUT2D eigenvalue weighted by molar-refractivity contribution is 5.90. The van der Waals surface area contributed by atoms with Gasteiger partial charge in [-0.25, -0.2) is 4.98 Å². The van der Waals surface area contributed by atoms with Crippen LogP contribution in [-0.2, 0) is 5.41 Å². The van der Waals surface area contributed by atoms with Crippen LogP contribution < -0.4 is 0 Å². The van der Waals surface area contributed by atoms with Crippen LogP contribution in [0.15, 0.2) is 0 Å². The molecule has 1 heterocycles. The van der Waals surface area contributed by atoms with E-state index in [4.69, 9.17) is 0 Å². The van der Waals surface area contributed by atoms with Crippen LogP contribution in [0.25, 0.3) is 0 Å². The smallest absolute Gasteiger partial charge is 0.293 e. The van der Waals surface area contributed by atoms with E-state index in [0.717, 1.165) is 12.2 Å². The number of nitrogens with one attached hydrogen (secondary N) is 1. The number of rotatable bonds is 4. The second-order valence-electron chi connectivity index (χ2n) is 6.65. The molecule has 1 atom stereocenters. The first kappa shape index (κ1) is 15.7. The van der Waals surface area contributed by atoms with Gasteiger partial charge in [-0.3, -0.25) is 9.89 Å². The zero-order valence-electron chi connectivity index (χ0n) is 13.1. The van der Waals surface area contributed by atoms with Gasteiger partial charge in [0.1, 0.15) is 5.82 Å². The van der Waals surface area contributed by atoms with E-state index < -0.39 is 0 Å². The number of aromatic amines is 1. The van der Waals surface area contributed by atoms with Crippen molar-refractivity contribution < 1.29 is 4.79 Å². The van der Waals surface area contributed by atoms with Gasteiger partial charge in [-0.2, -0.15) is 0 Å². The molecule has 1 aromatic rings. The van der Waals surface area contributed by atoms with E-state index in [1.54, 1.807) is 4.90 Å². The van der Waals surface area contributed by atoms with E-state index in [1.807, 2.05) is 27.8 Å². The number of carbonyl (C=O) groups excluding carboxylic acids is 1. The predicted octanol–water partition coefficient (Wildman–Crippen LogP) is 2.61. The second kappa shape index (κ2) is 5.72. The van der Waals surface area contributed by atoms with Crippen LogP contribution in [0.5, 0.6) is 0 Å². The van der Waals surface area contributed by atoms with Crippen molar-refractivity contribution in [2.75, 3.05) is 7.05 Å². The normalized spacial score (nSPS) is 13.7. The summed E-state index contributed by atoms with van der Waals surface area (Å²) in [5.41, 5.74) is -0.131. The summed E-state index contributed by atoms with van der Waals surface area (Å²) in [7, 11) is 1.81. The number of H-pyrrole nitrogens is 1. The van der Waals surface area contributed by atoms with Crippen LogP contribution in [0.3, 0.4) is 0 Å². The summed E-state index contributed by atoms with van der Waals surface area (Å²) in [6.07, 6.45) is 0.971. The molecule has 0 radical (unpaired) electrons. The summed E-state index contributed by atoms with van der Waals surface area (Å²) in [5, 5.41) is 6.89. The van der Waals surface area contributed by atoms with Crippen LogP contribution in [0, 0.1) is 5.92 Å². The summed E-state index contributed by atoms with van der Waals surface area (Å²) in [4.78, 5) is 18.3. The summed E-state index contributed by atoms with van der Waals surface area (Å²) in [5.74, 6) is 1.42. The molecule has 5 nitrogen and oxygen atoms in total. The lowest BCUT2D eigenvalue weighted by molar-refractivity contribution is 0.0716. The highest BCUT2D eigenvalue weighted by atomic mass is 16.2. The molecule has 0 saturated carbocycles. The largest absolute Gasteiger partial charge is 0.336 e. The Kier molecular flexibility index (Phi) is 4.71. The van der Waals surface area contributed by atoms with Gasteiger partial charge in [0.25, 0.3) is 5.91 Å². The van der Waals surface area contributed by atoms with Gasteiger partial charge in [0.05, 0.1) is 0 Å². The highest BCUT2D eigenvalue weighted by Crippen LogP contribution is 2.18. The van der Waals surface area contributed by atoms with Crippen molar-refractivity contribution in [3.05, 3.63) is 11.6 Å². The molecule has 1 unspecified atom stereocenters. The molecule has 0 aliphatic carbocycles. The lowest BCUT2D eigenvalue weighted by Gasteiger charge is -2.25. The SMILES string of the molecule is CC(C)CC(C)N(C)C(=O)c1n[nH]c(C(C)(C)C)n1. The Morgan fingerprint density at radius 2 is 1.89 bits per heavy atom. The topological polar surface area (TPSA) is 61.9 Å². The minimum atomic E-state index is -0.131. The summed E-state index contributed by atoms with van der Waals surface area (Å²) in [6, 6.07) is 0.184. The number of nitrogens with zero attached hydrogens (tertiary/aromatic N) is 3. The Bertz CT molecular complexity index is 431. The van der Waals surface area contributed by atoms with Crippen LogP contribution in [0.1, 0.15) is 64.4 Å². The molecule has 1 amide bonds. The number of hydrogen-bond acceptors (Lipinski definition) is 3. The Morgan fingerprint density at radius 1 is 1.32 bits per heavy atom. The maximum Gasteiger partial charge on any atom is 0.293 e. The van der Waals surface area contributed by atoms with Crippen molar-refractivity contribution in [1.29, 1.82) is 0 Å². The minimum Gasteiger partial charge on any atom is -0.336 e. The zero-order chi connectivity index (χ0) is 14.8. The Labute approximate surface area is 115 Å². The standard InChI is InChI=1S/C14H26N4O/c1-9(2)8-10(3)18(7)12(19)11-15-13(17-16-11)14(4,5)6/h9-10H,8H2,1-7H3,(H,15,16,17). The van der Waals surface area contributed by atoms with Crippen molar-refractivity contribution in [2.45, 2.75) is 59.4 Å². The maximum atomic E-state index is 12.3. The molecule has 0 spiro atoms. The fourth-order valence-electron chi connectivity index (χ4n) is 1.89. The second-order valence-corrected chi connectivity index (χ2v) is 6.65. The Morgan fingerprint density at radius 3 is 2.32 bits per heavy atom.